The van der Waals surface area contributed by atoms with Crippen LogP contribution in [0.5, 0.6) is 0 Å². The van der Waals surface area contributed by atoms with Crippen LogP contribution in [0.2, 0.25) is 5.02 Å². The molecule has 0 amide bonds. The Balaban J connectivity index is 2.06. The van der Waals surface area contributed by atoms with Gasteiger partial charge in [0.2, 0.25) is 10.0 Å². The van der Waals surface area contributed by atoms with Gasteiger partial charge in [0.15, 0.2) is 0 Å². The Labute approximate surface area is 131 Å². The van der Waals surface area contributed by atoms with Crippen molar-refractivity contribution in [2.75, 3.05) is 0 Å². The first-order valence-corrected chi connectivity index (χ1v) is 8.70. The quantitative estimate of drug-likeness (QED) is 0.909. The molecule has 0 bridgehead atoms. The van der Waals surface area contributed by atoms with Crippen molar-refractivity contribution in [3.63, 3.8) is 0 Å². The highest BCUT2D eigenvalue weighted by Crippen LogP contribution is 2.16. The summed E-state index contributed by atoms with van der Waals surface area (Å²) in [6.07, 6.45) is 0. The van der Waals surface area contributed by atoms with Gasteiger partial charge in [0.05, 0.1) is 5.75 Å². The smallest absolute Gasteiger partial charge is 0.212 e. The van der Waals surface area contributed by atoms with Crippen molar-refractivity contribution in [3.8, 4) is 0 Å². The summed E-state index contributed by atoms with van der Waals surface area (Å²) in [4.78, 5) is 0. The molecular weight excluding hydrogens is 306 g/mol. The first-order valence-electron chi connectivity index (χ1n) is 6.67. The molecule has 0 aliphatic rings. The number of benzene rings is 2. The third-order valence-corrected chi connectivity index (χ3v) is 4.88. The molecule has 0 heterocycles. The fourth-order valence-corrected chi connectivity index (χ4v) is 3.55. The van der Waals surface area contributed by atoms with Gasteiger partial charge in [-0.15, -0.1) is 0 Å². The lowest BCUT2D eigenvalue weighted by Crippen LogP contribution is -2.28. The molecule has 0 aromatic heterocycles. The van der Waals surface area contributed by atoms with E-state index in [0.717, 1.165) is 11.1 Å². The Morgan fingerprint density at radius 3 is 2.19 bits per heavy atom. The molecule has 2 aromatic carbocycles. The average molecular weight is 324 g/mol. The number of sulfonamides is 1. The van der Waals surface area contributed by atoms with E-state index in [9.17, 15) is 8.42 Å². The summed E-state index contributed by atoms with van der Waals surface area (Å²) in [6, 6.07) is 14.4. The largest absolute Gasteiger partial charge is 0.216 e. The van der Waals surface area contributed by atoms with Gasteiger partial charge in [-0.3, -0.25) is 0 Å². The van der Waals surface area contributed by atoms with Crippen molar-refractivity contribution in [3.05, 3.63) is 70.2 Å². The summed E-state index contributed by atoms with van der Waals surface area (Å²) in [5, 5.41) is 0.595. The Morgan fingerprint density at radius 2 is 1.62 bits per heavy atom. The predicted molar refractivity (Wildman–Crippen MR) is 86.8 cm³/mol. The van der Waals surface area contributed by atoms with Crippen molar-refractivity contribution in [1.82, 2.24) is 4.72 Å². The molecule has 0 radical (unpaired) electrons. The minimum atomic E-state index is -3.40. The van der Waals surface area contributed by atoms with Crippen LogP contribution in [0.25, 0.3) is 0 Å². The number of nitrogens with one attached hydrogen (secondary N) is 1. The molecule has 0 fully saturated rings. The lowest BCUT2D eigenvalue weighted by atomic mass is 10.1. The van der Waals surface area contributed by atoms with E-state index in [2.05, 4.69) is 4.72 Å². The number of hydrogen-bond donors (Lipinski definition) is 1. The summed E-state index contributed by atoms with van der Waals surface area (Å²) in [5.41, 5.74) is 2.80. The minimum Gasteiger partial charge on any atom is -0.212 e. The highest BCUT2D eigenvalue weighted by molar-refractivity contribution is 7.88. The van der Waals surface area contributed by atoms with Crippen LogP contribution in [-0.4, -0.2) is 8.42 Å². The molecule has 5 heteroatoms. The average Bonchev–Trinajstić information content (AvgIpc) is 2.41. The SMILES string of the molecule is Cc1ccc([C@H](C)NS(=O)(=O)Cc2ccc(Cl)cc2)cc1. The van der Waals surface area contributed by atoms with Gasteiger partial charge in [-0.1, -0.05) is 53.6 Å². The fourth-order valence-electron chi connectivity index (χ4n) is 2.03. The van der Waals surface area contributed by atoms with E-state index in [0.29, 0.717) is 10.6 Å². The zero-order valence-corrected chi connectivity index (χ0v) is 13.6. The van der Waals surface area contributed by atoms with E-state index in [-0.39, 0.29) is 11.8 Å². The molecule has 0 unspecified atom stereocenters. The van der Waals surface area contributed by atoms with E-state index in [4.69, 9.17) is 11.6 Å². The Morgan fingerprint density at radius 1 is 1.05 bits per heavy atom. The normalized spacial score (nSPS) is 13.1. The van der Waals surface area contributed by atoms with Gasteiger partial charge in [-0.2, -0.15) is 0 Å². The van der Waals surface area contributed by atoms with E-state index in [1.54, 1.807) is 24.3 Å². The van der Waals surface area contributed by atoms with E-state index in [1.807, 2.05) is 38.1 Å². The van der Waals surface area contributed by atoms with Gasteiger partial charge in [0.1, 0.15) is 0 Å². The standard InChI is InChI=1S/C16H18ClNO2S/c1-12-3-7-15(8-4-12)13(2)18-21(19,20)11-14-5-9-16(17)10-6-14/h3-10,13,18H,11H2,1-2H3/t13-/m0/s1. The molecule has 0 saturated carbocycles. The minimum absolute atomic E-state index is 0.0552. The van der Waals surface area contributed by atoms with Gasteiger partial charge in [-0.05, 0) is 37.1 Å². The molecule has 1 N–H and O–H groups in total. The lowest BCUT2D eigenvalue weighted by Gasteiger charge is -2.15. The molecular formula is C16H18ClNO2S. The van der Waals surface area contributed by atoms with Crippen LogP contribution in [0, 0.1) is 6.92 Å². The maximum absolute atomic E-state index is 12.2. The molecule has 1 atom stereocenters. The van der Waals surface area contributed by atoms with Gasteiger partial charge < -0.3 is 0 Å². The summed E-state index contributed by atoms with van der Waals surface area (Å²) >= 11 is 5.79. The Kier molecular flexibility index (Phi) is 5.04. The highest BCUT2D eigenvalue weighted by atomic mass is 35.5. The van der Waals surface area contributed by atoms with Crippen molar-refractivity contribution < 1.29 is 8.42 Å². The molecule has 0 aliphatic carbocycles. The van der Waals surface area contributed by atoms with Crippen molar-refractivity contribution in [2.45, 2.75) is 25.6 Å². The highest BCUT2D eigenvalue weighted by Gasteiger charge is 2.16. The van der Waals surface area contributed by atoms with Gasteiger partial charge in [0.25, 0.3) is 0 Å². The van der Waals surface area contributed by atoms with Crippen LogP contribution in [0.15, 0.2) is 48.5 Å². The Hall–Kier alpha value is -1.36. The van der Waals surface area contributed by atoms with Crippen LogP contribution in [-0.2, 0) is 15.8 Å². The fraction of sp³-hybridized carbons (Fsp3) is 0.250. The van der Waals surface area contributed by atoms with E-state index in [1.165, 1.54) is 0 Å². The maximum Gasteiger partial charge on any atom is 0.216 e. The Bertz CT molecular complexity index is 694. The lowest BCUT2D eigenvalue weighted by molar-refractivity contribution is 0.566. The molecule has 0 aliphatic heterocycles. The maximum atomic E-state index is 12.2. The summed E-state index contributed by atoms with van der Waals surface area (Å²) in [5.74, 6) is -0.0552. The number of halogens is 1. The second-order valence-electron chi connectivity index (χ2n) is 5.14. The van der Waals surface area contributed by atoms with Crippen LogP contribution < -0.4 is 4.72 Å². The first kappa shape index (κ1) is 16.0. The number of rotatable bonds is 5. The van der Waals surface area contributed by atoms with Gasteiger partial charge in [0, 0.05) is 11.1 Å². The summed E-state index contributed by atoms with van der Waals surface area (Å²) in [7, 11) is -3.40. The van der Waals surface area contributed by atoms with Crippen molar-refractivity contribution in [1.29, 1.82) is 0 Å². The van der Waals surface area contributed by atoms with Gasteiger partial charge in [-0.25, -0.2) is 13.1 Å². The number of aryl methyl sites for hydroxylation is 1. The first-order chi connectivity index (χ1) is 9.85. The van der Waals surface area contributed by atoms with Crippen LogP contribution in [0.1, 0.15) is 29.7 Å². The predicted octanol–water partition coefficient (Wildman–Crippen LogP) is 3.83. The third-order valence-electron chi connectivity index (χ3n) is 3.20. The van der Waals surface area contributed by atoms with Crippen LogP contribution in [0.3, 0.4) is 0 Å². The summed E-state index contributed by atoms with van der Waals surface area (Å²) < 4.78 is 27.1. The topological polar surface area (TPSA) is 46.2 Å². The summed E-state index contributed by atoms with van der Waals surface area (Å²) in [6.45, 7) is 3.84. The van der Waals surface area contributed by atoms with Crippen molar-refractivity contribution >= 4 is 21.6 Å². The van der Waals surface area contributed by atoms with Gasteiger partial charge >= 0.3 is 0 Å². The molecule has 0 saturated heterocycles. The monoisotopic (exact) mass is 323 g/mol. The van der Waals surface area contributed by atoms with Crippen molar-refractivity contribution in [2.24, 2.45) is 0 Å². The second-order valence-corrected chi connectivity index (χ2v) is 7.33. The molecule has 2 rings (SSSR count). The zero-order valence-electron chi connectivity index (χ0n) is 12.0. The molecule has 3 nitrogen and oxygen atoms in total. The molecule has 2 aromatic rings. The third kappa shape index (κ3) is 4.84. The van der Waals surface area contributed by atoms with E-state index < -0.39 is 10.0 Å². The van der Waals surface area contributed by atoms with E-state index >= 15 is 0 Å². The molecule has 21 heavy (non-hydrogen) atoms. The number of hydrogen-bond acceptors (Lipinski definition) is 2. The second kappa shape index (κ2) is 6.60. The van der Waals surface area contributed by atoms with Crippen LogP contribution in [0.4, 0.5) is 0 Å². The molecule has 0 spiro atoms. The van der Waals surface area contributed by atoms with Crippen LogP contribution >= 0.6 is 11.6 Å². The zero-order chi connectivity index (χ0) is 15.5. The molecule has 112 valence electrons.